The van der Waals surface area contributed by atoms with E-state index >= 15 is 0 Å². The zero-order valence-corrected chi connectivity index (χ0v) is 20.7. The van der Waals surface area contributed by atoms with Crippen LogP contribution in [-0.4, -0.2) is 36.9 Å². The normalized spacial score (nSPS) is 9.10. The number of pyridine rings is 2. The van der Waals surface area contributed by atoms with Crippen molar-refractivity contribution in [1.82, 2.24) is 9.97 Å². The Bertz CT molecular complexity index is 878. The van der Waals surface area contributed by atoms with Crippen molar-refractivity contribution in [3.63, 3.8) is 0 Å². The number of nitrogens with zero attached hydrogens (tertiary/aromatic N) is 2. The summed E-state index contributed by atoms with van der Waals surface area (Å²) in [6, 6.07) is 10.0. The van der Waals surface area contributed by atoms with E-state index in [0.717, 1.165) is 28.2 Å². The molecule has 1 aromatic carbocycles. The summed E-state index contributed by atoms with van der Waals surface area (Å²) in [5.74, 6) is 0.660. The fourth-order valence-electron chi connectivity index (χ4n) is 2.90. The molecule has 0 unspecified atom stereocenters. The van der Waals surface area contributed by atoms with Gasteiger partial charge in [-0.05, 0) is 18.6 Å². The Hall–Kier alpha value is -2.20. The number of rotatable bonds is 8. The average molecular weight is 613 g/mol. The molecule has 3 aromatic rings. The molecule has 0 atom stereocenters. The van der Waals surface area contributed by atoms with Crippen molar-refractivity contribution in [2.45, 2.75) is 45.4 Å². The standard InChI is InChI=1S/C20H23ClN2O.3CO.Re/c1-2-3-4-5-6-7-13-24-17-14-16-11-10-15-9-8-12-22-18(15)19(16)23-20(17)21;3*1-2;/h8-12,14H,2-7,13H2,1H3;;;;. The Kier molecular flexibility index (Phi) is 19.7. The monoisotopic (exact) mass is 613 g/mol. The van der Waals surface area contributed by atoms with Gasteiger partial charge in [0, 0.05) is 37.4 Å². The number of carbonyl (C=O) groups excluding carboxylic acids is 3. The minimum absolute atomic E-state index is 0. The molecule has 0 N–H and O–H groups in total. The Balaban J connectivity index is 0. The van der Waals surface area contributed by atoms with Crippen molar-refractivity contribution in [2.24, 2.45) is 0 Å². The van der Waals surface area contributed by atoms with Gasteiger partial charge in [-0.2, -0.15) is 0 Å². The van der Waals surface area contributed by atoms with E-state index in [4.69, 9.17) is 30.7 Å². The van der Waals surface area contributed by atoms with Gasteiger partial charge in [0.05, 0.1) is 17.6 Å². The molecule has 0 saturated heterocycles. The van der Waals surface area contributed by atoms with Gasteiger partial charge in [0.2, 0.25) is 0 Å². The Morgan fingerprint density at radius 3 is 2.16 bits per heavy atom. The molecule has 0 aliphatic rings. The summed E-state index contributed by atoms with van der Waals surface area (Å²) in [4.78, 5) is 31.5. The van der Waals surface area contributed by atoms with Crippen molar-refractivity contribution < 1.29 is 39.5 Å². The summed E-state index contributed by atoms with van der Waals surface area (Å²) in [6.07, 6.45) is 9.22. The van der Waals surface area contributed by atoms with E-state index in [1.54, 1.807) is 6.20 Å². The van der Waals surface area contributed by atoms with Crippen molar-refractivity contribution in [3.05, 3.63) is 41.7 Å². The predicted octanol–water partition coefficient (Wildman–Crippen LogP) is 4.98. The predicted molar refractivity (Wildman–Crippen MR) is 118 cm³/mol. The molecule has 0 aliphatic heterocycles. The maximum atomic E-state index is 7.50. The maximum Gasteiger partial charge on any atom is 0.281 e. The van der Waals surface area contributed by atoms with E-state index in [1.165, 1.54) is 32.1 Å². The molecule has 0 aliphatic carbocycles. The number of benzene rings is 1. The number of hydrogen-bond acceptors (Lipinski definition) is 6. The van der Waals surface area contributed by atoms with Crippen LogP contribution in [0.4, 0.5) is 0 Å². The largest absolute Gasteiger partial charge is 0.490 e. The third kappa shape index (κ3) is 10.1. The first-order valence-corrected chi connectivity index (χ1v) is 9.75. The van der Waals surface area contributed by atoms with Crippen LogP contribution in [0.5, 0.6) is 5.75 Å². The maximum absolute atomic E-state index is 7.50. The third-order valence-corrected chi connectivity index (χ3v) is 4.51. The molecule has 0 spiro atoms. The summed E-state index contributed by atoms with van der Waals surface area (Å²) in [5.41, 5.74) is 1.70. The van der Waals surface area contributed by atoms with Crippen molar-refractivity contribution in [2.75, 3.05) is 6.61 Å². The average Bonchev–Trinajstić information content (AvgIpc) is 2.82. The van der Waals surface area contributed by atoms with Gasteiger partial charge in [-0.25, -0.2) is 4.98 Å². The number of fused-ring (bicyclic) bond motifs is 3. The number of ether oxygens (including phenoxy) is 1. The number of halogens is 1. The Morgan fingerprint density at radius 1 is 0.871 bits per heavy atom. The second kappa shape index (κ2) is 19.7. The topological polar surface area (TPSA) is 86.2 Å². The van der Waals surface area contributed by atoms with Gasteiger partial charge >= 0.3 is 0 Å². The van der Waals surface area contributed by atoms with E-state index in [9.17, 15) is 0 Å². The zero-order chi connectivity index (χ0) is 22.8. The first-order chi connectivity index (χ1) is 14.8. The van der Waals surface area contributed by atoms with Crippen molar-refractivity contribution in [3.8, 4) is 5.75 Å². The molecule has 0 bridgehead atoms. The van der Waals surface area contributed by atoms with Crippen LogP contribution in [0.2, 0.25) is 5.15 Å². The number of hydrogen-bond donors (Lipinski definition) is 0. The van der Waals surface area contributed by atoms with Gasteiger partial charge in [0.15, 0.2) is 10.9 Å². The molecule has 0 fully saturated rings. The van der Waals surface area contributed by atoms with Crippen molar-refractivity contribution >= 4 is 53.8 Å². The summed E-state index contributed by atoms with van der Waals surface area (Å²) in [6.45, 7) is 16.4. The van der Waals surface area contributed by atoms with Crippen LogP contribution in [0.25, 0.3) is 21.8 Å². The fraction of sp³-hybridized carbons (Fsp3) is 0.348. The molecule has 3 rings (SSSR count). The van der Waals surface area contributed by atoms with E-state index in [0.29, 0.717) is 17.5 Å². The Labute approximate surface area is 202 Å². The molecule has 8 heteroatoms. The summed E-state index contributed by atoms with van der Waals surface area (Å²) in [7, 11) is 0. The summed E-state index contributed by atoms with van der Waals surface area (Å²) in [5, 5.41) is 2.48. The molecule has 0 saturated carbocycles. The number of unbranched alkanes of at least 4 members (excludes halogenated alkanes) is 5. The molecular weight excluding hydrogens is 590 g/mol. The van der Waals surface area contributed by atoms with Gasteiger partial charge in [-0.1, -0.05) is 68.8 Å². The van der Waals surface area contributed by atoms with Crippen LogP contribution < -0.4 is 4.74 Å². The van der Waals surface area contributed by atoms with Gasteiger partial charge in [0.25, 0.3) is 20.4 Å². The van der Waals surface area contributed by atoms with Gasteiger partial charge in [-0.15, -0.1) is 0 Å². The number of aromatic nitrogens is 2. The third-order valence-electron chi connectivity index (χ3n) is 4.23. The molecule has 7 radical (unpaired) electrons. The summed E-state index contributed by atoms with van der Waals surface area (Å²) < 4.78 is 5.85. The van der Waals surface area contributed by atoms with Crippen LogP contribution in [0, 0.1) is 0 Å². The van der Waals surface area contributed by atoms with Crippen LogP contribution in [0.3, 0.4) is 0 Å². The van der Waals surface area contributed by atoms with Crippen molar-refractivity contribution in [1.29, 1.82) is 0 Å². The van der Waals surface area contributed by atoms with E-state index in [-0.39, 0.29) is 20.4 Å². The second-order valence-electron chi connectivity index (χ2n) is 6.11. The smallest absolute Gasteiger partial charge is 0.281 e. The van der Waals surface area contributed by atoms with Crippen LogP contribution in [0.15, 0.2) is 36.5 Å². The van der Waals surface area contributed by atoms with Gasteiger partial charge in [0.1, 0.15) is 0 Å². The molecule has 6 nitrogen and oxygen atoms in total. The SMILES string of the molecule is CCCCCCCCOc1cc2ccc3cccnc3c2nc1Cl.[C]=O.[C]=O.[C]=O.[Re]. The molecule has 163 valence electrons. The van der Waals surface area contributed by atoms with E-state index < -0.39 is 0 Å². The first-order valence-electron chi connectivity index (χ1n) is 9.37. The molecule has 31 heavy (non-hydrogen) atoms. The molecule has 2 heterocycles. The van der Waals surface area contributed by atoms with Crippen LogP contribution >= 0.6 is 11.6 Å². The van der Waals surface area contributed by atoms with E-state index in [1.807, 2.05) is 24.3 Å². The second-order valence-corrected chi connectivity index (χ2v) is 6.46. The molecular formula is C23H23ClN2O4Re. The summed E-state index contributed by atoms with van der Waals surface area (Å²) >= 11 is 6.32. The van der Waals surface area contributed by atoms with Crippen LogP contribution in [0.1, 0.15) is 45.4 Å². The zero-order valence-electron chi connectivity index (χ0n) is 17.2. The fourth-order valence-corrected chi connectivity index (χ4v) is 3.09. The molecule has 0 amide bonds. The minimum Gasteiger partial charge on any atom is -0.490 e. The first kappa shape index (κ1) is 31.0. The Morgan fingerprint density at radius 2 is 1.48 bits per heavy atom. The van der Waals surface area contributed by atoms with Gasteiger partial charge < -0.3 is 4.74 Å². The van der Waals surface area contributed by atoms with Crippen LogP contribution in [-0.2, 0) is 34.8 Å². The quantitative estimate of drug-likeness (QED) is 0.203. The molecule has 2 aromatic heterocycles. The van der Waals surface area contributed by atoms with E-state index in [2.05, 4.69) is 43.3 Å². The van der Waals surface area contributed by atoms with Gasteiger partial charge in [-0.3, -0.25) is 19.4 Å². The minimum atomic E-state index is 0.